The van der Waals surface area contributed by atoms with E-state index in [1.54, 1.807) is 11.1 Å². The van der Waals surface area contributed by atoms with Crippen LogP contribution in [0.3, 0.4) is 0 Å². The van der Waals surface area contributed by atoms with Gasteiger partial charge in [0.1, 0.15) is 0 Å². The average Bonchev–Trinajstić information content (AvgIpc) is 3.00. The predicted octanol–water partition coefficient (Wildman–Crippen LogP) is 3.29. The number of allylic oxidation sites excluding steroid dienone is 1. The Hall–Kier alpha value is -2.86. The van der Waals surface area contributed by atoms with E-state index in [-0.39, 0.29) is 11.8 Å². The molecule has 0 saturated carbocycles. The SMILES string of the molecule is N#CC1=CN2C(=O)c3ccccc3[C@@]23C[C@@H]1c1ccccc13. The van der Waals surface area contributed by atoms with E-state index >= 15 is 0 Å². The topological polar surface area (TPSA) is 44.1 Å². The first-order chi connectivity index (χ1) is 10.8. The van der Waals surface area contributed by atoms with E-state index in [9.17, 15) is 10.1 Å². The lowest BCUT2D eigenvalue weighted by Gasteiger charge is -2.37. The molecule has 0 unspecified atom stereocenters. The van der Waals surface area contributed by atoms with Gasteiger partial charge >= 0.3 is 0 Å². The molecule has 2 aromatic carbocycles. The minimum Gasteiger partial charge on any atom is -0.300 e. The maximum Gasteiger partial charge on any atom is 0.259 e. The minimum atomic E-state index is -0.421. The molecule has 3 nitrogen and oxygen atoms in total. The molecule has 2 bridgehead atoms. The van der Waals surface area contributed by atoms with Crippen molar-refractivity contribution in [2.24, 2.45) is 0 Å². The van der Waals surface area contributed by atoms with E-state index in [1.807, 2.05) is 30.3 Å². The second kappa shape index (κ2) is 3.66. The molecule has 3 heteroatoms. The first kappa shape index (κ1) is 11.8. The molecule has 2 atom stereocenters. The lowest BCUT2D eigenvalue weighted by atomic mass is 9.81. The summed E-state index contributed by atoms with van der Waals surface area (Å²) in [6, 6.07) is 18.4. The van der Waals surface area contributed by atoms with Crippen LogP contribution in [0.1, 0.15) is 39.4 Å². The molecule has 104 valence electrons. The monoisotopic (exact) mass is 284 g/mol. The van der Waals surface area contributed by atoms with Crippen LogP contribution in [0.15, 0.2) is 60.3 Å². The quantitative estimate of drug-likeness (QED) is 0.745. The van der Waals surface area contributed by atoms with Crippen molar-refractivity contribution in [3.63, 3.8) is 0 Å². The lowest BCUT2D eigenvalue weighted by molar-refractivity contribution is 0.0724. The molecule has 0 aromatic heterocycles. The Morgan fingerprint density at radius 3 is 2.64 bits per heavy atom. The van der Waals surface area contributed by atoms with E-state index in [4.69, 9.17) is 0 Å². The zero-order chi connectivity index (χ0) is 14.9. The van der Waals surface area contributed by atoms with Crippen molar-refractivity contribution in [1.82, 2.24) is 4.90 Å². The fraction of sp³-hybridized carbons (Fsp3) is 0.158. The fourth-order valence-electron chi connectivity index (χ4n) is 4.42. The van der Waals surface area contributed by atoms with Crippen molar-refractivity contribution in [1.29, 1.82) is 5.26 Å². The van der Waals surface area contributed by atoms with Gasteiger partial charge in [0.25, 0.3) is 5.91 Å². The number of nitrogens with zero attached hydrogens (tertiary/aromatic N) is 2. The third kappa shape index (κ3) is 1.09. The number of hydrogen-bond donors (Lipinski definition) is 0. The minimum absolute atomic E-state index is 0.00139. The second-order valence-electron chi connectivity index (χ2n) is 6.12. The Kier molecular flexibility index (Phi) is 1.96. The van der Waals surface area contributed by atoms with Crippen molar-refractivity contribution < 1.29 is 4.79 Å². The molecular weight excluding hydrogens is 272 g/mol. The molecule has 2 heterocycles. The number of rotatable bonds is 0. The number of carbonyl (C=O) groups excluding carboxylic acids is 1. The molecule has 0 fully saturated rings. The standard InChI is InChI=1S/C19H12N2O/c20-10-12-11-21-18(22)14-6-2-4-8-17(14)19(21)9-15(12)13-5-1-3-7-16(13)19/h1-8,11,15H,9H2/t15-,19-/m0/s1. The number of amides is 1. The van der Waals surface area contributed by atoms with Crippen molar-refractivity contribution >= 4 is 5.91 Å². The summed E-state index contributed by atoms with van der Waals surface area (Å²) in [5.41, 5.74) is 4.44. The Bertz CT molecular complexity index is 921. The summed E-state index contributed by atoms with van der Waals surface area (Å²) in [6.07, 6.45) is 2.55. The molecule has 1 amide bonds. The van der Waals surface area contributed by atoms with Gasteiger partial charge in [-0.05, 0) is 29.2 Å². The highest BCUT2D eigenvalue weighted by Gasteiger charge is 2.58. The molecule has 0 N–H and O–H groups in total. The van der Waals surface area contributed by atoms with Gasteiger partial charge in [-0.1, -0.05) is 42.5 Å². The van der Waals surface area contributed by atoms with Gasteiger partial charge in [0.15, 0.2) is 0 Å². The van der Waals surface area contributed by atoms with Gasteiger partial charge in [0, 0.05) is 17.7 Å². The van der Waals surface area contributed by atoms with Crippen molar-refractivity contribution in [3.05, 3.63) is 82.6 Å². The van der Waals surface area contributed by atoms with E-state index in [0.29, 0.717) is 5.57 Å². The van der Waals surface area contributed by atoms with Crippen molar-refractivity contribution in [3.8, 4) is 6.07 Å². The Morgan fingerprint density at radius 2 is 1.82 bits per heavy atom. The van der Waals surface area contributed by atoms with Crippen LogP contribution in [-0.2, 0) is 5.54 Å². The van der Waals surface area contributed by atoms with Gasteiger partial charge in [-0.15, -0.1) is 0 Å². The average molecular weight is 284 g/mol. The second-order valence-corrected chi connectivity index (χ2v) is 6.12. The Labute approximate surface area is 128 Å². The smallest absolute Gasteiger partial charge is 0.259 e. The van der Waals surface area contributed by atoms with Crippen LogP contribution in [0.5, 0.6) is 0 Å². The molecule has 2 aliphatic heterocycles. The summed E-state index contributed by atoms with van der Waals surface area (Å²) in [5.74, 6) is 0.0925. The molecule has 22 heavy (non-hydrogen) atoms. The zero-order valence-electron chi connectivity index (χ0n) is 11.8. The summed E-state index contributed by atoms with van der Waals surface area (Å²) in [4.78, 5) is 14.6. The van der Waals surface area contributed by atoms with Gasteiger partial charge in [-0.3, -0.25) is 9.69 Å². The summed E-state index contributed by atoms with van der Waals surface area (Å²) >= 11 is 0. The van der Waals surface area contributed by atoms with E-state index < -0.39 is 5.54 Å². The highest BCUT2D eigenvalue weighted by Crippen LogP contribution is 2.60. The predicted molar refractivity (Wildman–Crippen MR) is 80.9 cm³/mol. The maximum atomic E-state index is 12.9. The van der Waals surface area contributed by atoms with Crippen LogP contribution in [0.4, 0.5) is 0 Å². The highest BCUT2D eigenvalue weighted by molar-refractivity contribution is 6.02. The fourth-order valence-corrected chi connectivity index (χ4v) is 4.42. The number of hydrogen-bond acceptors (Lipinski definition) is 2. The lowest BCUT2D eigenvalue weighted by Crippen LogP contribution is -2.41. The molecule has 5 rings (SSSR count). The van der Waals surface area contributed by atoms with Crippen LogP contribution in [0.25, 0.3) is 0 Å². The zero-order valence-corrected chi connectivity index (χ0v) is 11.8. The molecule has 0 radical (unpaired) electrons. The van der Waals surface area contributed by atoms with Crippen LogP contribution in [0, 0.1) is 11.3 Å². The van der Waals surface area contributed by atoms with Gasteiger partial charge in [-0.2, -0.15) is 5.26 Å². The van der Waals surface area contributed by atoms with Gasteiger partial charge in [0.2, 0.25) is 0 Å². The first-order valence-corrected chi connectivity index (χ1v) is 7.42. The molecule has 3 aliphatic rings. The van der Waals surface area contributed by atoms with Crippen LogP contribution in [-0.4, -0.2) is 10.8 Å². The number of nitriles is 1. The number of fused-ring (bicyclic) bond motifs is 4. The van der Waals surface area contributed by atoms with Crippen LogP contribution >= 0.6 is 0 Å². The van der Waals surface area contributed by atoms with Crippen molar-refractivity contribution in [2.45, 2.75) is 17.9 Å². The third-order valence-electron chi connectivity index (χ3n) is 5.29. The van der Waals surface area contributed by atoms with Gasteiger partial charge < -0.3 is 0 Å². The number of carbonyl (C=O) groups is 1. The van der Waals surface area contributed by atoms with E-state index in [1.165, 1.54) is 11.1 Å². The summed E-state index contributed by atoms with van der Waals surface area (Å²) in [7, 11) is 0. The largest absolute Gasteiger partial charge is 0.300 e. The maximum absolute atomic E-state index is 12.9. The van der Waals surface area contributed by atoms with Crippen LogP contribution < -0.4 is 0 Å². The third-order valence-corrected chi connectivity index (χ3v) is 5.29. The summed E-state index contributed by atoms with van der Waals surface area (Å²) in [5, 5.41) is 9.50. The molecular formula is C19H12N2O. The van der Waals surface area contributed by atoms with Crippen molar-refractivity contribution in [2.75, 3.05) is 0 Å². The van der Waals surface area contributed by atoms with Crippen LogP contribution in [0.2, 0.25) is 0 Å². The first-order valence-electron chi connectivity index (χ1n) is 7.42. The number of benzene rings is 2. The highest BCUT2D eigenvalue weighted by atomic mass is 16.2. The Morgan fingerprint density at radius 1 is 1.09 bits per heavy atom. The molecule has 1 spiro atoms. The normalized spacial score (nSPS) is 26.9. The van der Waals surface area contributed by atoms with E-state index in [2.05, 4.69) is 24.3 Å². The van der Waals surface area contributed by atoms with Gasteiger partial charge in [-0.25, -0.2) is 0 Å². The summed E-state index contributed by atoms with van der Waals surface area (Å²) in [6.45, 7) is 0. The molecule has 1 aliphatic carbocycles. The molecule has 0 saturated heterocycles. The summed E-state index contributed by atoms with van der Waals surface area (Å²) < 4.78 is 0. The van der Waals surface area contributed by atoms with E-state index in [0.717, 1.165) is 17.5 Å². The Balaban J connectivity index is 1.92. The molecule has 2 aromatic rings. The van der Waals surface area contributed by atoms with Gasteiger partial charge in [0.05, 0.1) is 17.2 Å².